The van der Waals surface area contributed by atoms with Crippen molar-refractivity contribution in [2.45, 2.75) is 12.3 Å². The molecule has 1 N–H and O–H groups in total. The predicted molar refractivity (Wildman–Crippen MR) is 58.3 cm³/mol. The average molecular weight is 236 g/mol. The molecule has 1 aliphatic rings. The molecule has 1 aromatic carbocycles. The first kappa shape index (κ1) is 11.4. The predicted octanol–water partition coefficient (Wildman–Crippen LogP) is 1.42. The zero-order valence-electron chi connectivity index (χ0n) is 9.30. The fourth-order valence-corrected chi connectivity index (χ4v) is 1.90. The number of methoxy groups -OCH3 is 1. The van der Waals surface area contributed by atoms with Gasteiger partial charge in [0.15, 0.2) is 0 Å². The Morgan fingerprint density at radius 2 is 2.29 bits per heavy atom. The highest BCUT2D eigenvalue weighted by molar-refractivity contribution is 5.90. The molecule has 1 unspecified atom stereocenters. The second-order valence-corrected chi connectivity index (χ2v) is 3.85. The van der Waals surface area contributed by atoms with Crippen LogP contribution in [0, 0.1) is 0 Å². The third-order valence-corrected chi connectivity index (χ3v) is 2.73. The van der Waals surface area contributed by atoms with Crippen LogP contribution in [-0.4, -0.2) is 30.8 Å². The van der Waals surface area contributed by atoms with Gasteiger partial charge in [0.25, 0.3) is 0 Å². The molecule has 0 bridgehead atoms. The number of benzene rings is 1. The molecule has 0 saturated carbocycles. The van der Waals surface area contributed by atoms with Gasteiger partial charge in [-0.1, -0.05) is 0 Å². The van der Waals surface area contributed by atoms with Crippen LogP contribution in [0.1, 0.15) is 28.3 Å². The highest BCUT2D eigenvalue weighted by Gasteiger charge is 2.27. The van der Waals surface area contributed by atoms with Crippen molar-refractivity contribution in [1.29, 1.82) is 0 Å². The Hall–Kier alpha value is -2.04. The summed E-state index contributed by atoms with van der Waals surface area (Å²) in [7, 11) is 1.31. The van der Waals surface area contributed by atoms with Gasteiger partial charge in [0.1, 0.15) is 5.75 Å². The van der Waals surface area contributed by atoms with Gasteiger partial charge in [-0.15, -0.1) is 0 Å². The third-order valence-electron chi connectivity index (χ3n) is 2.73. The van der Waals surface area contributed by atoms with Crippen molar-refractivity contribution >= 4 is 11.9 Å². The molecule has 0 saturated heterocycles. The van der Waals surface area contributed by atoms with Gasteiger partial charge >= 0.3 is 11.9 Å². The standard InChI is InChI=1S/C12H12O5/c1-16-12(15)7-2-3-10-9(4-7)8(6-17-10)5-11(13)14/h2-4,8H,5-6H2,1H3,(H,13,14). The Balaban J connectivity index is 2.30. The number of carboxylic acids is 1. The van der Waals surface area contributed by atoms with E-state index in [1.807, 2.05) is 0 Å². The van der Waals surface area contributed by atoms with Crippen LogP contribution in [-0.2, 0) is 9.53 Å². The van der Waals surface area contributed by atoms with E-state index in [-0.39, 0.29) is 12.3 Å². The highest BCUT2D eigenvalue weighted by atomic mass is 16.5. The fourth-order valence-electron chi connectivity index (χ4n) is 1.90. The Bertz CT molecular complexity index is 466. The number of aliphatic carboxylic acids is 1. The van der Waals surface area contributed by atoms with Crippen LogP contribution in [0.5, 0.6) is 5.75 Å². The first-order valence-electron chi connectivity index (χ1n) is 5.18. The molecule has 1 aromatic rings. The van der Waals surface area contributed by atoms with Gasteiger partial charge in [0.05, 0.1) is 25.7 Å². The number of rotatable bonds is 3. The lowest BCUT2D eigenvalue weighted by Crippen LogP contribution is -2.08. The minimum absolute atomic E-state index is 0.00236. The second-order valence-electron chi connectivity index (χ2n) is 3.85. The Morgan fingerprint density at radius 3 is 2.94 bits per heavy atom. The smallest absolute Gasteiger partial charge is 0.337 e. The number of fused-ring (bicyclic) bond motifs is 1. The van der Waals surface area contributed by atoms with E-state index in [1.54, 1.807) is 18.2 Å². The summed E-state index contributed by atoms with van der Waals surface area (Å²) in [5, 5.41) is 8.78. The number of esters is 1. The van der Waals surface area contributed by atoms with E-state index in [0.717, 1.165) is 5.56 Å². The molecule has 0 spiro atoms. The summed E-state index contributed by atoms with van der Waals surface area (Å²) in [4.78, 5) is 22.1. The molecule has 90 valence electrons. The summed E-state index contributed by atoms with van der Waals surface area (Å²) in [6.07, 6.45) is -0.00236. The molecule has 0 fully saturated rings. The van der Waals surface area contributed by atoms with Gasteiger partial charge < -0.3 is 14.6 Å². The summed E-state index contributed by atoms with van der Waals surface area (Å²) in [6.45, 7) is 0.340. The number of carboxylic acid groups (broad SMARTS) is 1. The molecule has 0 aliphatic carbocycles. The van der Waals surface area contributed by atoms with Crippen LogP contribution >= 0.6 is 0 Å². The van der Waals surface area contributed by atoms with E-state index < -0.39 is 11.9 Å². The topological polar surface area (TPSA) is 72.8 Å². The number of hydrogen-bond acceptors (Lipinski definition) is 4. The van der Waals surface area contributed by atoms with E-state index >= 15 is 0 Å². The van der Waals surface area contributed by atoms with E-state index in [4.69, 9.17) is 9.84 Å². The number of hydrogen-bond donors (Lipinski definition) is 1. The highest BCUT2D eigenvalue weighted by Crippen LogP contribution is 2.36. The molecular weight excluding hydrogens is 224 g/mol. The normalized spacial score (nSPS) is 17.1. The monoisotopic (exact) mass is 236 g/mol. The molecule has 5 nitrogen and oxygen atoms in total. The van der Waals surface area contributed by atoms with Crippen LogP contribution in [0.25, 0.3) is 0 Å². The SMILES string of the molecule is COC(=O)c1ccc2c(c1)C(CC(=O)O)CO2. The molecule has 1 aliphatic heterocycles. The summed E-state index contributed by atoms with van der Waals surface area (Å²) < 4.78 is 9.98. The maximum Gasteiger partial charge on any atom is 0.337 e. The lowest BCUT2D eigenvalue weighted by Gasteiger charge is -2.06. The van der Waals surface area contributed by atoms with Crippen molar-refractivity contribution in [3.8, 4) is 5.75 Å². The molecule has 0 amide bonds. The van der Waals surface area contributed by atoms with Crippen molar-refractivity contribution in [3.05, 3.63) is 29.3 Å². The van der Waals surface area contributed by atoms with Crippen molar-refractivity contribution < 1.29 is 24.2 Å². The number of carbonyl (C=O) groups is 2. The Labute approximate surface area is 98.0 Å². The average Bonchev–Trinajstić information content (AvgIpc) is 2.70. The molecule has 5 heteroatoms. The number of ether oxygens (including phenoxy) is 2. The molecule has 0 radical (unpaired) electrons. The number of carbonyl (C=O) groups excluding carboxylic acids is 1. The summed E-state index contributed by atoms with van der Waals surface area (Å²) >= 11 is 0. The first-order chi connectivity index (χ1) is 8.11. The second kappa shape index (κ2) is 4.45. The van der Waals surface area contributed by atoms with Crippen LogP contribution in [0.4, 0.5) is 0 Å². The largest absolute Gasteiger partial charge is 0.493 e. The maximum atomic E-state index is 11.4. The minimum atomic E-state index is -0.880. The van der Waals surface area contributed by atoms with Crippen LogP contribution in [0.2, 0.25) is 0 Å². The Morgan fingerprint density at radius 1 is 1.53 bits per heavy atom. The lowest BCUT2D eigenvalue weighted by atomic mass is 9.96. The maximum absolute atomic E-state index is 11.4. The van der Waals surface area contributed by atoms with Gasteiger partial charge in [-0.05, 0) is 18.2 Å². The van der Waals surface area contributed by atoms with Gasteiger partial charge in [-0.25, -0.2) is 4.79 Å². The zero-order chi connectivity index (χ0) is 12.4. The fraction of sp³-hybridized carbons (Fsp3) is 0.333. The molecule has 2 rings (SSSR count). The quantitative estimate of drug-likeness (QED) is 0.803. The van der Waals surface area contributed by atoms with E-state index in [1.165, 1.54) is 7.11 Å². The van der Waals surface area contributed by atoms with Gasteiger partial charge in [0, 0.05) is 11.5 Å². The molecule has 1 heterocycles. The lowest BCUT2D eigenvalue weighted by molar-refractivity contribution is -0.137. The van der Waals surface area contributed by atoms with E-state index in [9.17, 15) is 9.59 Å². The third kappa shape index (κ3) is 2.22. The molecule has 1 atom stereocenters. The molecular formula is C12H12O5. The van der Waals surface area contributed by atoms with E-state index in [0.29, 0.717) is 17.9 Å². The Kier molecular flexibility index (Phi) is 2.99. The molecule has 17 heavy (non-hydrogen) atoms. The van der Waals surface area contributed by atoms with Gasteiger partial charge in [-0.2, -0.15) is 0 Å². The summed E-state index contributed by atoms with van der Waals surface area (Å²) in [5.41, 5.74) is 1.17. The van der Waals surface area contributed by atoms with E-state index in [2.05, 4.69) is 4.74 Å². The zero-order valence-corrected chi connectivity index (χ0v) is 9.30. The summed E-state index contributed by atoms with van der Waals surface area (Å²) in [5.74, 6) is -0.875. The van der Waals surface area contributed by atoms with Crippen LogP contribution < -0.4 is 4.74 Å². The van der Waals surface area contributed by atoms with Crippen LogP contribution in [0.15, 0.2) is 18.2 Å². The minimum Gasteiger partial charge on any atom is -0.493 e. The molecule has 0 aromatic heterocycles. The van der Waals surface area contributed by atoms with Crippen molar-refractivity contribution in [2.75, 3.05) is 13.7 Å². The van der Waals surface area contributed by atoms with Gasteiger partial charge in [-0.3, -0.25) is 4.79 Å². The van der Waals surface area contributed by atoms with Crippen molar-refractivity contribution in [2.24, 2.45) is 0 Å². The summed E-state index contributed by atoms with van der Waals surface area (Å²) in [6, 6.07) is 4.92. The van der Waals surface area contributed by atoms with Crippen molar-refractivity contribution in [3.63, 3.8) is 0 Å². The first-order valence-corrected chi connectivity index (χ1v) is 5.18. The van der Waals surface area contributed by atoms with Gasteiger partial charge in [0.2, 0.25) is 0 Å². The van der Waals surface area contributed by atoms with Crippen molar-refractivity contribution in [1.82, 2.24) is 0 Å². The van der Waals surface area contributed by atoms with Crippen LogP contribution in [0.3, 0.4) is 0 Å².